The van der Waals surface area contributed by atoms with Crippen LogP contribution in [0.2, 0.25) is 0 Å². The summed E-state index contributed by atoms with van der Waals surface area (Å²) in [5.41, 5.74) is 8.35. The van der Waals surface area contributed by atoms with Gasteiger partial charge in [-0.15, -0.1) is 0 Å². The molecule has 1 aromatic rings. The molecule has 0 heterocycles. The van der Waals surface area contributed by atoms with Gasteiger partial charge in [-0.25, -0.2) is 0 Å². The van der Waals surface area contributed by atoms with E-state index in [9.17, 15) is 5.11 Å². The lowest BCUT2D eigenvalue weighted by Gasteiger charge is -2.13. The van der Waals surface area contributed by atoms with Crippen molar-refractivity contribution in [1.82, 2.24) is 0 Å². The van der Waals surface area contributed by atoms with Gasteiger partial charge in [0.15, 0.2) is 0 Å². The third-order valence-corrected chi connectivity index (χ3v) is 2.74. The standard InChI is InChI=1S/C11H15NO/c1-7-6-9(13)4-5-10(7)11(12)8-2-3-8/h4-6,8,11,13H,2-3,12H2,1H3/t11-/m1/s1. The Labute approximate surface area is 78.4 Å². The highest BCUT2D eigenvalue weighted by Gasteiger charge is 2.30. The first-order valence-electron chi connectivity index (χ1n) is 4.73. The number of hydrogen-bond acceptors (Lipinski definition) is 2. The van der Waals surface area contributed by atoms with Crippen molar-refractivity contribution in [2.75, 3.05) is 0 Å². The lowest BCUT2D eigenvalue weighted by Crippen LogP contribution is -2.13. The Morgan fingerprint density at radius 3 is 2.69 bits per heavy atom. The molecule has 0 bridgehead atoms. The number of benzene rings is 1. The minimum atomic E-state index is 0.167. The summed E-state index contributed by atoms with van der Waals surface area (Å²) >= 11 is 0. The molecule has 2 rings (SSSR count). The van der Waals surface area contributed by atoms with Gasteiger partial charge in [0, 0.05) is 6.04 Å². The first-order chi connectivity index (χ1) is 6.18. The smallest absolute Gasteiger partial charge is 0.115 e. The second-order valence-electron chi connectivity index (χ2n) is 3.90. The van der Waals surface area contributed by atoms with Crippen LogP contribution < -0.4 is 5.73 Å². The molecule has 13 heavy (non-hydrogen) atoms. The van der Waals surface area contributed by atoms with Crippen LogP contribution in [-0.2, 0) is 0 Å². The largest absolute Gasteiger partial charge is 0.508 e. The van der Waals surface area contributed by atoms with Crippen LogP contribution >= 0.6 is 0 Å². The van der Waals surface area contributed by atoms with Gasteiger partial charge in [-0.2, -0.15) is 0 Å². The normalized spacial score (nSPS) is 18.6. The van der Waals surface area contributed by atoms with Crippen molar-refractivity contribution in [3.63, 3.8) is 0 Å². The molecule has 1 aliphatic carbocycles. The molecule has 2 nitrogen and oxygen atoms in total. The summed E-state index contributed by atoms with van der Waals surface area (Å²) in [5.74, 6) is 0.993. The molecular formula is C11H15NO. The van der Waals surface area contributed by atoms with E-state index in [1.165, 1.54) is 18.4 Å². The van der Waals surface area contributed by atoms with Crippen LogP contribution in [0.25, 0.3) is 0 Å². The molecule has 0 aliphatic heterocycles. The predicted molar refractivity (Wildman–Crippen MR) is 52.5 cm³/mol. The van der Waals surface area contributed by atoms with Gasteiger partial charge in [-0.05, 0) is 48.9 Å². The zero-order valence-corrected chi connectivity index (χ0v) is 7.83. The number of phenolic OH excluding ortho intramolecular Hbond substituents is 1. The predicted octanol–water partition coefficient (Wildman–Crippen LogP) is 2.11. The molecule has 1 aliphatic rings. The molecule has 0 radical (unpaired) electrons. The highest BCUT2D eigenvalue weighted by Crippen LogP contribution is 2.40. The maximum atomic E-state index is 9.23. The Morgan fingerprint density at radius 1 is 1.46 bits per heavy atom. The first kappa shape index (κ1) is 8.57. The highest BCUT2D eigenvalue weighted by molar-refractivity contribution is 5.36. The molecule has 1 atom stereocenters. The highest BCUT2D eigenvalue weighted by atomic mass is 16.3. The fraction of sp³-hybridized carbons (Fsp3) is 0.455. The Morgan fingerprint density at radius 2 is 2.15 bits per heavy atom. The van der Waals surface area contributed by atoms with Crippen molar-refractivity contribution in [1.29, 1.82) is 0 Å². The SMILES string of the molecule is Cc1cc(O)ccc1[C@H](N)C1CC1. The fourth-order valence-electron chi connectivity index (χ4n) is 1.74. The summed E-state index contributed by atoms with van der Waals surface area (Å²) in [5, 5.41) is 9.23. The fourth-order valence-corrected chi connectivity index (χ4v) is 1.74. The first-order valence-corrected chi connectivity index (χ1v) is 4.73. The lowest BCUT2D eigenvalue weighted by molar-refractivity contribution is 0.474. The minimum absolute atomic E-state index is 0.167. The summed E-state index contributed by atoms with van der Waals surface area (Å²) in [4.78, 5) is 0. The Bertz CT molecular complexity index is 318. The van der Waals surface area contributed by atoms with E-state index in [1.54, 1.807) is 12.1 Å². The van der Waals surface area contributed by atoms with Crippen molar-refractivity contribution >= 4 is 0 Å². The summed E-state index contributed by atoms with van der Waals surface area (Å²) < 4.78 is 0. The van der Waals surface area contributed by atoms with Crippen LogP contribution in [-0.4, -0.2) is 5.11 Å². The van der Waals surface area contributed by atoms with E-state index in [4.69, 9.17) is 5.73 Å². The molecule has 2 heteroatoms. The zero-order valence-electron chi connectivity index (χ0n) is 7.83. The van der Waals surface area contributed by atoms with Crippen LogP contribution in [0.15, 0.2) is 18.2 Å². The van der Waals surface area contributed by atoms with Gasteiger partial charge in [0.1, 0.15) is 5.75 Å². The Balaban J connectivity index is 2.28. The average molecular weight is 177 g/mol. The Hall–Kier alpha value is -1.02. The molecule has 0 amide bonds. The maximum absolute atomic E-state index is 9.23. The monoisotopic (exact) mass is 177 g/mol. The number of hydrogen-bond donors (Lipinski definition) is 2. The summed E-state index contributed by atoms with van der Waals surface area (Å²) in [7, 11) is 0. The molecule has 1 saturated carbocycles. The van der Waals surface area contributed by atoms with E-state index < -0.39 is 0 Å². The number of phenols is 1. The number of nitrogens with two attached hydrogens (primary N) is 1. The third kappa shape index (κ3) is 1.68. The number of aryl methyl sites for hydroxylation is 1. The lowest BCUT2D eigenvalue weighted by atomic mass is 9.98. The maximum Gasteiger partial charge on any atom is 0.115 e. The van der Waals surface area contributed by atoms with Gasteiger partial charge in [0.2, 0.25) is 0 Å². The molecule has 1 aromatic carbocycles. The Kier molecular flexibility index (Phi) is 2.00. The van der Waals surface area contributed by atoms with Crippen molar-refractivity contribution < 1.29 is 5.11 Å². The van der Waals surface area contributed by atoms with Crippen molar-refractivity contribution in [3.05, 3.63) is 29.3 Å². The summed E-state index contributed by atoms with van der Waals surface area (Å²) in [6.07, 6.45) is 2.50. The topological polar surface area (TPSA) is 46.2 Å². The molecule has 0 saturated heterocycles. The third-order valence-electron chi connectivity index (χ3n) is 2.74. The van der Waals surface area contributed by atoms with Crippen LogP contribution in [0.5, 0.6) is 5.75 Å². The van der Waals surface area contributed by atoms with Crippen LogP contribution in [0.3, 0.4) is 0 Å². The van der Waals surface area contributed by atoms with Gasteiger partial charge in [-0.1, -0.05) is 6.07 Å². The molecule has 0 spiro atoms. The molecule has 70 valence electrons. The van der Waals surface area contributed by atoms with Crippen molar-refractivity contribution in [2.45, 2.75) is 25.8 Å². The van der Waals surface area contributed by atoms with E-state index in [2.05, 4.69) is 0 Å². The van der Waals surface area contributed by atoms with Gasteiger partial charge in [-0.3, -0.25) is 0 Å². The van der Waals surface area contributed by atoms with Crippen LogP contribution in [0.4, 0.5) is 0 Å². The number of rotatable bonds is 2. The van der Waals surface area contributed by atoms with Crippen molar-refractivity contribution in [2.24, 2.45) is 11.7 Å². The van der Waals surface area contributed by atoms with Gasteiger partial charge < -0.3 is 10.8 Å². The molecule has 0 unspecified atom stereocenters. The van der Waals surface area contributed by atoms with Crippen LogP contribution in [0.1, 0.15) is 30.0 Å². The second kappa shape index (κ2) is 3.04. The molecular weight excluding hydrogens is 162 g/mol. The van der Waals surface area contributed by atoms with E-state index in [0.717, 1.165) is 5.56 Å². The van der Waals surface area contributed by atoms with E-state index in [1.807, 2.05) is 13.0 Å². The minimum Gasteiger partial charge on any atom is -0.508 e. The number of aromatic hydroxyl groups is 1. The van der Waals surface area contributed by atoms with E-state index in [0.29, 0.717) is 11.7 Å². The second-order valence-corrected chi connectivity index (χ2v) is 3.90. The average Bonchev–Trinajstić information content (AvgIpc) is 2.85. The van der Waals surface area contributed by atoms with Crippen molar-refractivity contribution in [3.8, 4) is 5.75 Å². The van der Waals surface area contributed by atoms with E-state index >= 15 is 0 Å². The molecule has 0 aromatic heterocycles. The summed E-state index contributed by atoms with van der Waals surface area (Å²) in [6, 6.07) is 5.59. The van der Waals surface area contributed by atoms with Gasteiger partial charge >= 0.3 is 0 Å². The van der Waals surface area contributed by atoms with E-state index in [-0.39, 0.29) is 6.04 Å². The van der Waals surface area contributed by atoms with Crippen LogP contribution in [0, 0.1) is 12.8 Å². The quantitative estimate of drug-likeness (QED) is 0.726. The van der Waals surface area contributed by atoms with Gasteiger partial charge in [0.05, 0.1) is 0 Å². The zero-order chi connectivity index (χ0) is 9.42. The van der Waals surface area contributed by atoms with Gasteiger partial charge in [0.25, 0.3) is 0 Å². The molecule has 1 fully saturated rings. The molecule has 3 N–H and O–H groups in total. The summed E-state index contributed by atoms with van der Waals surface area (Å²) in [6.45, 7) is 2.00.